The summed E-state index contributed by atoms with van der Waals surface area (Å²) in [5.41, 5.74) is 0.0213. The third kappa shape index (κ3) is 4.64. The molecule has 0 unspecified atom stereocenters. The van der Waals surface area contributed by atoms with E-state index in [-0.39, 0.29) is 24.3 Å². The Hall–Kier alpha value is -2.51. The summed E-state index contributed by atoms with van der Waals surface area (Å²) in [5, 5.41) is 6.14. The number of ether oxygens (including phenoxy) is 1. The van der Waals surface area contributed by atoms with Crippen molar-refractivity contribution in [3.63, 3.8) is 0 Å². The summed E-state index contributed by atoms with van der Waals surface area (Å²) >= 11 is 9.23. The molecule has 0 bridgehead atoms. The van der Waals surface area contributed by atoms with Gasteiger partial charge in [0.2, 0.25) is 0 Å². The Morgan fingerprint density at radius 1 is 1.28 bits per heavy atom. The molecule has 2 N–H and O–H groups in total. The smallest absolute Gasteiger partial charge is 0.262 e. The summed E-state index contributed by atoms with van der Waals surface area (Å²) < 4.78 is 5.15. The predicted molar refractivity (Wildman–Crippen MR) is 128 cm³/mol. The minimum atomic E-state index is -1.03. The Labute approximate surface area is 198 Å². The molecule has 2 aliphatic rings. The van der Waals surface area contributed by atoms with E-state index in [0.29, 0.717) is 51.5 Å². The van der Waals surface area contributed by atoms with Crippen LogP contribution in [0.25, 0.3) is 0 Å². The van der Waals surface area contributed by atoms with Crippen LogP contribution in [0.4, 0.5) is 11.4 Å². The van der Waals surface area contributed by atoms with Gasteiger partial charge >= 0.3 is 0 Å². The number of hydrogen-bond donors (Lipinski definition) is 2. The molecule has 4 rings (SSSR count). The lowest BCUT2D eigenvalue weighted by Crippen LogP contribution is -2.57. The quantitative estimate of drug-likeness (QED) is 0.630. The number of morpholine rings is 1. The minimum absolute atomic E-state index is 0.0157. The molecule has 7 nitrogen and oxygen atoms in total. The monoisotopic (exact) mass is 489 g/mol. The summed E-state index contributed by atoms with van der Waals surface area (Å²) in [6.07, 6.45) is 5.90. The van der Waals surface area contributed by atoms with E-state index in [4.69, 9.17) is 22.8 Å². The number of carbonyl (C=O) groups is 3. The summed E-state index contributed by atoms with van der Waals surface area (Å²) in [7, 11) is 0. The first-order chi connectivity index (χ1) is 15.4. The normalized spacial score (nSPS) is 20.6. The molecular formula is C22H20ClN3O4S2. The summed E-state index contributed by atoms with van der Waals surface area (Å²) in [4.78, 5) is 40.8. The van der Waals surface area contributed by atoms with Crippen LogP contribution in [0, 0.1) is 12.3 Å². The Bertz CT molecular complexity index is 1100. The van der Waals surface area contributed by atoms with Gasteiger partial charge in [0.1, 0.15) is 12.1 Å². The van der Waals surface area contributed by atoms with Gasteiger partial charge in [-0.1, -0.05) is 17.5 Å². The van der Waals surface area contributed by atoms with Crippen molar-refractivity contribution in [2.45, 2.75) is 12.0 Å². The van der Waals surface area contributed by atoms with Gasteiger partial charge in [-0.2, -0.15) is 11.8 Å². The first-order valence-electron chi connectivity index (χ1n) is 9.88. The van der Waals surface area contributed by atoms with E-state index < -0.39 is 5.54 Å². The lowest BCUT2D eigenvalue weighted by atomic mass is 9.97. The van der Waals surface area contributed by atoms with Gasteiger partial charge in [-0.25, -0.2) is 0 Å². The zero-order valence-electron chi connectivity index (χ0n) is 17.0. The number of terminal acetylenes is 1. The van der Waals surface area contributed by atoms with Crippen LogP contribution in [0.15, 0.2) is 30.3 Å². The highest BCUT2D eigenvalue weighted by atomic mass is 35.5. The SMILES string of the molecule is C#Cc1ccc(C(=O)N[C@]2(C(=O)Nc3ccc(N4CCOCC4=O)c(Cl)c3)CCSC2)s1. The van der Waals surface area contributed by atoms with Gasteiger partial charge in [0.25, 0.3) is 17.7 Å². The molecule has 32 heavy (non-hydrogen) atoms. The van der Waals surface area contributed by atoms with Gasteiger partial charge in [-0.3, -0.25) is 14.4 Å². The van der Waals surface area contributed by atoms with Crippen LogP contribution in [0.5, 0.6) is 0 Å². The van der Waals surface area contributed by atoms with Crippen LogP contribution in [-0.2, 0) is 14.3 Å². The van der Waals surface area contributed by atoms with Crippen LogP contribution >= 0.6 is 34.7 Å². The molecule has 10 heteroatoms. The number of nitrogens with one attached hydrogen (secondary N) is 2. The largest absolute Gasteiger partial charge is 0.370 e. The molecule has 2 saturated heterocycles. The number of thioether (sulfide) groups is 1. The van der Waals surface area contributed by atoms with Crippen molar-refractivity contribution in [3.8, 4) is 12.3 Å². The maximum absolute atomic E-state index is 13.2. The van der Waals surface area contributed by atoms with Crippen molar-refractivity contribution >= 4 is 63.8 Å². The van der Waals surface area contributed by atoms with Gasteiger partial charge in [0, 0.05) is 18.0 Å². The molecule has 2 aliphatic heterocycles. The van der Waals surface area contributed by atoms with Crippen LogP contribution in [0.2, 0.25) is 5.02 Å². The lowest BCUT2D eigenvalue weighted by Gasteiger charge is -2.29. The molecular weight excluding hydrogens is 470 g/mol. The molecule has 0 radical (unpaired) electrons. The van der Waals surface area contributed by atoms with Crippen molar-refractivity contribution in [2.75, 3.05) is 41.5 Å². The maximum atomic E-state index is 13.2. The Morgan fingerprint density at radius 3 is 2.78 bits per heavy atom. The van der Waals surface area contributed by atoms with Gasteiger partial charge in [0.15, 0.2) is 0 Å². The molecule has 3 amide bonds. The molecule has 1 aromatic carbocycles. The van der Waals surface area contributed by atoms with Crippen molar-refractivity contribution in [1.29, 1.82) is 0 Å². The third-order valence-electron chi connectivity index (χ3n) is 5.26. The molecule has 0 saturated carbocycles. The Kier molecular flexibility index (Phi) is 6.76. The van der Waals surface area contributed by atoms with E-state index in [2.05, 4.69) is 16.6 Å². The predicted octanol–water partition coefficient (Wildman–Crippen LogP) is 2.99. The number of carbonyl (C=O) groups excluding carboxylic acids is 3. The number of benzene rings is 1. The second kappa shape index (κ2) is 9.55. The zero-order chi connectivity index (χ0) is 22.7. The first-order valence-corrected chi connectivity index (χ1v) is 12.2. The Balaban J connectivity index is 1.49. The molecule has 1 atom stereocenters. The maximum Gasteiger partial charge on any atom is 0.262 e. The van der Waals surface area contributed by atoms with E-state index in [1.54, 1.807) is 47.0 Å². The highest BCUT2D eigenvalue weighted by Crippen LogP contribution is 2.33. The highest BCUT2D eigenvalue weighted by molar-refractivity contribution is 7.99. The molecule has 0 aliphatic carbocycles. The first kappa shape index (κ1) is 22.7. The van der Waals surface area contributed by atoms with E-state index in [9.17, 15) is 14.4 Å². The van der Waals surface area contributed by atoms with Crippen molar-refractivity contribution < 1.29 is 19.1 Å². The molecule has 3 heterocycles. The highest BCUT2D eigenvalue weighted by Gasteiger charge is 2.43. The van der Waals surface area contributed by atoms with E-state index >= 15 is 0 Å². The van der Waals surface area contributed by atoms with E-state index in [1.807, 2.05) is 0 Å². The topological polar surface area (TPSA) is 87.7 Å². The van der Waals surface area contributed by atoms with Gasteiger partial charge in [-0.05, 0) is 42.5 Å². The molecule has 0 spiro atoms. The van der Waals surface area contributed by atoms with Crippen molar-refractivity contribution in [3.05, 3.63) is 45.1 Å². The number of anilines is 2. The zero-order valence-corrected chi connectivity index (χ0v) is 19.4. The lowest BCUT2D eigenvalue weighted by molar-refractivity contribution is -0.125. The number of nitrogens with zero attached hydrogens (tertiary/aromatic N) is 1. The molecule has 2 aromatic rings. The fourth-order valence-electron chi connectivity index (χ4n) is 3.54. The average molecular weight is 490 g/mol. The number of halogens is 1. The number of hydrogen-bond acceptors (Lipinski definition) is 6. The number of thiophene rings is 1. The third-order valence-corrected chi connectivity index (χ3v) is 7.77. The number of amides is 3. The second-order valence-electron chi connectivity index (χ2n) is 7.37. The molecule has 166 valence electrons. The summed E-state index contributed by atoms with van der Waals surface area (Å²) in [5.74, 6) is 2.93. The van der Waals surface area contributed by atoms with Gasteiger partial charge in [0.05, 0.1) is 27.1 Å². The summed E-state index contributed by atoms with van der Waals surface area (Å²) in [6, 6.07) is 8.36. The Morgan fingerprint density at radius 2 is 2.12 bits per heavy atom. The average Bonchev–Trinajstić information content (AvgIpc) is 3.45. The number of rotatable bonds is 5. The second-order valence-corrected chi connectivity index (χ2v) is 9.96. The summed E-state index contributed by atoms with van der Waals surface area (Å²) in [6.45, 7) is 0.871. The van der Waals surface area contributed by atoms with E-state index in [1.165, 1.54) is 11.3 Å². The van der Waals surface area contributed by atoms with E-state index in [0.717, 1.165) is 5.75 Å². The van der Waals surface area contributed by atoms with Crippen LogP contribution < -0.4 is 15.5 Å². The fourth-order valence-corrected chi connectivity index (χ4v) is 5.87. The van der Waals surface area contributed by atoms with Crippen molar-refractivity contribution in [1.82, 2.24) is 5.32 Å². The minimum Gasteiger partial charge on any atom is -0.370 e. The standard InChI is InChI=1S/C22H20ClN3O4S2/c1-2-15-4-6-18(32-15)20(28)25-22(7-10-31-13-22)21(29)24-14-3-5-17(16(23)11-14)26-8-9-30-12-19(26)27/h1,3-6,11H,7-10,12-13H2,(H,24,29)(H,25,28)/t22-/m1/s1. The van der Waals surface area contributed by atoms with Crippen molar-refractivity contribution in [2.24, 2.45) is 0 Å². The van der Waals surface area contributed by atoms with Gasteiger partial charge < -0.3 is 20.3 Å². The molecule has 2 fully saturated rings. The van der Waals surface area contributed by atoms with Gasteiger partial charge in [-0.15, -0.1) is 17.8 Å². The van der Waals surface area contributed by atoms with Crippen LogP contribution in [-0.4, -0.2) is 54.5 Å². The van der Waals surface area contributed by atoms with Crippen LogP contribution in [0.3, 0.4) is 0 Å². The fraction of sp³-hybridized carbons (Fsp3) is 0.318. The molecule has 1 aromatic heterocycles. The van der Waals surface area contributed by atoms with Crippen LogP contribution in [0.1, 0.15) is 21.0 Å².